The highest BCUT2D eigenvalue weighted by Crippen LogP contribution is 2.32. The van der Waals surface area contributed by atoms with Crippen LogP contribution in [0.2, 0.25) is 5.02 Å². The molecule has 1 aliphatic rings. The molecule has 28 heavy (non-hydrogen) atoms. The minimum atomic E-state index is -5.52. The van der Waals surface area contributed by atoms with Gasteiger partial charge in [-0.05, 0) is 35.9 Å². The minimum absolute atomic E-state index is 0.0307. The van der Waals surface area contributed by atoms with Gasteiger partial charge in [-0.3, -0.25) is 9.78 Å². The lowest BCUT2D eigenvalue weighted by Gasteiger charge is -2.18. The average molecular weight is 434 g/mol. The van der Waals surface area contributed by atoms with Crippen molar-refractivity contribution in [2.24, 2.45) is 0 Å². The molecule has 0 bridgehead atoms. The summed E-state index contributed by atoms with van der Waals surface area (Å²) < 4.78 is 60.6. The van der Waals surface area contributed by atoms with Crippen molar-refractivity contribution in [3.8, 4) is 0 Å². The van der Waals surface area contributed by atoms with E-state index < -0.39 is 32.2 Å². The molecule has 1 aliphatic heterocycles. The first kappa shape index (κ1) is 20.1. The van der Waals surface area contributed by atoms with E-state index in [9.17, 15) is 31.2 Å². The molecule has 0 radical (unpaired) electrons. The summed E-state index contributed by atoms with van der Waals surface area (Å²) >= 11 is 5.99. The summed E-state index contributed by atoms with van der Waals surface area (Å²) in [6, 6.07) is 4.21. The number of urea groups is 1. The van der Waals surface area contributed by atoms with Gasteiger partial charge in [0.05, 0.1) is 15.6 Å². The zero-order chi connectivity index (χ0) is 20.7. The average Bonchev–Trinajstić information content (AvgIpc) is 2.89. The van der Waals surface area contributed by atoms with Crippen molar-refractivity contribution >= 4 is 39.1 Å². The number of carbonyl (C=O) groups is 2. The molecule has 148 valence electrons. The summed E-state index contributed by atoms with van der Waals surface area (Å²) in [5.41, 5.74) is -4.93. The fourth-order valence-electron chi connectivity index (χ4n) is 2.57. The van der Waals surface area contributed by atoms with Crippen molar-refractivity contribution < 1.29 is 31.2 Å². The predicted octanol–water partition coefficient (Wildman–Crippen LogP) is 3.00. The number of alkyl halides is 3. The van der Waals surface area contributed by atoms with Crippen molar-refractivity contribution in [3.05, 3.63) is 53.3 Å². The van der Waals surface area contributed by atoms with E-state index >= 15 is 0 Å². The van der Waals surface area contributed by atoms with Crippen molar-refractivity contribution in [1.29, 1.82) is 0 Å². The van der Waals surface area contributed by atoms with E-state index in [1.165, 1.54) is 17.3 Å². The quantitative estimate of drug-likeness (QED) is 0.692. The molecule has 0 atom stereocenters. The molecule has 0 aliphatic carbocycles. The molecule has 1 aromatic heterocycles. The fourth-order valence-corrected chi connectivity index (χ4v) is 3.51. The van der Waals surface area contributed by atoms with Crippen LogP contribution in [0.1, 0.15) is 5.56 Å². The van der Waals surface area contributed by atoms with Crippen molar-refractivity contribution in [1.82, 2.24) is 9.88 Å². The van der Waals surface area contributed by atoms with Gasteiger partial charge in [0, 0.05) is 18.9 Å². The van der Waals surface area contributed by atoms with Gasteiger partial charge in [-0.25, -0.2) is 18.1 Å². The molecule has 1 fully saturated rings. The first-order valence-electron chi connectivity index (χ1n) is 7.64. The third kappa shape index (κ3) is 3.54. The number of aromatic nitrogens is 1. The third-order valence-electron chi connectivity index (χ3n) is 3.96. The summed E-state index contributed by atoms with van der Waals surface area (Å²) in [4.78, 5) is 29.6. The van der Waals surface area contributed by atoms with E-state index in [4.69, 9.17) is 11.6 Å². The summed E-state index contributed by atoms with van der Waals surface area (Å²) in [6.45, 7) is -0.233. The lowest BCUT2D eigenvalue weighted by molar-refractivity contribution is -0.116. The molecule has 1 aromatic carbocycles. The Bertz CT molecular complexity index is 1040. The van der Waals surface area contributed by atoms with Crippen LogP contribution >= 0.6 is 11.6 Å². The van der Waals surface area contributed by atoms with Crippen LogP contribution in [0.25, 0.3) is 0 Å². The Hall–Kier alpha value is -2.66. The van der Waals surface area contributed by atoms with Gasteiger partial charge in [0.2, 0.25) is 0 Å². The first-order valence-corrected chi connectivity index (χ1v) is 9.50. The van der Waals surface area contributed by atoms with Gasteiger partial charge < -0.3 is 4.90 Å². The highest BCUT2D eigenvalue weighted by Gasteiger charge is 2.47. The van der Waals surface area contributed by atoms with Crippen LogP contribution < -0.4 is 4.90 Å². The van der Waals surface area contributed by atoms with Gasteiger partial charge in [0.25, 0.3) is 15.7 Å². The van der Waals surface area contributed by atoms with Crippen LogP contribution in [-0.4, -0.2) is 42.3 Å². The zero-order valence-corrected chi connectivity index (χ0v) is 15.4. The summed E-state index contributed by atoms with van der Waals surface area (Å²) in [6.07, 6.45) is 2.86. The van der Waals surface area contributed by atoms with Crippen LogP contribution in [0.3, 0.4) is 0 Å². The normalized spacial score (nSPS) is 15.4. The van der Waals surface area contributed by atoms with Gasteiger partial charge >= 0.3 is 11.5 Å². The molecule has 0 N–H and O–H groups in total. The highest BCUT2D eigenvalue weighted by molar-refractivity contribution is 7.92. The number of hydrogen-bond donors (Lipinski definition) is 0. The predicted molar refractivity (Wildman–Crippen MR) is 92.2 cm³/mol. The van der Waals surface area contributed by atoms with Crippen LogP contribution in [-0.2, 0) is 21.2 Å². The summed E-state index contributed by atoms with van der Waals surface area (Å²) in [5.74, 6) is -0.610. The van der Waals surface area contributed by atoms with Crippen molar-refractivity contribution in [2.75, 3.05) is 11.4 Å². The Morgan fingerprint density at radius 3 is 2.32 bits per heavy atom. The van der Waals surface area contributed by atoms with E-state index in [1.54, 1.807) is 6.07 Å². The number of halogens is 4. The Morgan fingerprint density at radius 2 is 1.75 bits per heavy atom. The van der Waals surface area contributed by atoms with E-state index in [2.05, 4.69) is 4.98 Å². The van der Waals surface area contributed by atoms with Gasteiger partial charge in [0.15, 0.2) is 0 Å². The molecule has 2 aromatic rings. The Labute approximate surface area is 162 Å². The number of carbonyl (C=O) groups excluding carboxylic acids is 2. The fraction of sp³-hybridized carbons (Fsp3) is 0.188. The van der Waals surface area contributed by atoms with Gasteiger partial charge in [-0.2, -0.15) is 13.2 Å². The molecule has 3 rings (SSSR count). The number of sulfone groups is 1. The number of amides is 3. The topological polar surface area (TPSA) is 87.7 Å². The number of nitrogens with zero attached hydrogens (tertiary/aromatic N) is 3. The molecule has 0 unspecified atom stereocenters. The molecule has 3 amide bonds. The van der Waals surface area contributed by atoms with E-state index in [1.807, 2.05) is 0 Å². The third-order valence-corrected chi connectivity index (χ3v) is 5.81. The first-order chi connectivity index (χ1) is 13.0. The second-order valence-corrected chi connectivity index (χ2v) is 8.13. The smallest absolute Gasteiger partial charge is 0.310 e. The van der Waals surface area contributed by atoms with Crippen molar-refractivity contribution in [3.63, 3.8) is 0 Å². The summed E-state index contributed by atoms with van der Waals surface area (Å²) in [7, 11) is -5.52. The zero-order valence-electron chi connectivity index (χ0n) is 13.9. The maximum Gasteiger partial charge on any atom is 0.501 e. The largest absolute Gasteiger partial charge is 0.501 e. The number of pyridine rings is 1. The number of anilines is 1. The molecule has 0 spiro atoms. The Balaban J connectivity index is 1.83. The lowest BCUT2D eigenvalue weighted by atomic mass is 10.2. The Kier molecular flexibility index (Phi) is 5.06. The molecular weight excluding hydrogens is 423 g/mol. The molecule has 0 saturated carbocycles. The number of hydrogen-bond acceptors (Lipinski definition) is 5. The Morgan fingerprint density at radius 1 is 1.11 bits per heavy atom. The molecule has 7 nitrogen and oxygen atoms in total. The molecular formula is C16H11ClF3N3O4S. The van der Waals surface area contributed by atoms with E-state index in [0.717, 1.165) is 17.0 Å². The number of rotatable bonds is 4. The highest BCUT2D eigenvalue weighted by atomic mass is 35.5. The maximum atomic E-state index is 12.6. The molecule has 2 heterocycles. The van der Waals surface area contributed by atoms with E-state index in [0.29, 0.717) is 22.7 Å². The summed E-state index contributed by atoms with van der Waals surface area (Å²) in [5, 5.41) is 0.308. The minimum Gasteiger partial charge on any atom is -0.310 e. The van der Waals surface area contributed by atoms with Gasteiger partial charge in [-0.1, -0.05) is 11.6 Å². The second-order valence-electron chi connectivity index (χ2n) is 5.78. The van der Waals surface area contributed by atoms with Crippen LogP contribution in [0, 0.1) is 0 Å². The van der Waals surface area contributed by atoms with Gasteiger partial charge in [-0.15, -0.1) is 0 Å². The monoisotopic (exact) mass is 433 g/mol. The van der Waals surface area contributed by atoms with E-state index in [-0.39, 0.29) is 18.8 Å². The van der Waals surface area contributed by atoms with Crippen LogP contribution in [0.15, 0.2) is 47.6 Å². The second kappa shape index (κ2) is 7.06. The SMILES string of the molecule is O=C1CN(Cc2ccncc2Cl)C(=O)N1c1ccc(S(=O)(=O)C(F)(F)F)cc1. The molecule has 1 saturated heterocycles. The van der Waals surface area contributed by atoms with Crippen LogP contribution in [0.4, 0.5) is 23.7 Å². The number of benzene rings is 1. The van der Waals surface area contributed by atoms with Crippen LogP contribution in [0.5, 0.6) is 0 Å². The maximum absolute atomic E-state index is 12.6. The number of imide groups is 1. The molecule has 12 heteroatoms. The lowest BCUT2D eigenvalue weighted by Crippen LogP contribution is -2.33. The van der Waals surface area contributed by atoms with Gasteiger partial charge in [0.1, 0.15) is 6.54 Å². The standard InChI is InChI=1S/C16H11ClF3N3O4S/c17-13-7-21-6-5-10(13)8-22-9-14(24)23(15(22)25)11-1-3-12(4-2-11)28(26,27)16(18,19)20/h1-7H,8-9H2. The van der Waals surface area contributed by atoms with Crippen molar-refractivity contribution in [2.45, 2.75) is 16.9 Å².